The number of ether oxygens (including phenoxy) is 1. The number of hydrogen-bond acceptors (Lipinski definition) is 5. The molecule has 0 spiro atoms. The van der Waals surface area contributed by atoms with E-state index in [9.17, 15) is 4.79 Å². The molecule has 5 nitrogen and oxygen atoms in total. The van der Waals surface area contributed by atoms with Crippen molar-refractivity contribution in [3.63, 3.8) is 0 Å². The van der Waals surface area contributed by atoms with Gasteiger partial charge in [0.05, 0.1) is 18.5 Å². The van der Waals surface area contributed by atoms with Crippen molar-refractivity contribution in [1.29, 1.82) is 0 Å². The zero-order valence-corrected chi connectivity index (χ0v) is 18.3. The van der Waals surface area contributed by atoms with Gasteiger partial charge in [-0.25, -0.2) is 4.79 Å². The maximum Gasteiger partial charge on any atom is 0.435 e. The summed E-state index contributed by atoms with van der Waals surface area (Å²) in [6, 6.07) is 13.4. The van der Waals surface area contributed by atoms with Gasteiger partial charge in [0.15, 0.2) is 5.17 Å². The molecule has 0 unspecified atom stereocenters. The lowest BCUT2D eigenvalue weighted by molar-refractivity contribution is 0.182. The Morgan fingerprint density at radius 2 is 2.00 bits per heavy atom. The number of amidine groups is 1. The monoisotopic (exact) mass is 435 g/mol. The molecule has 0 bridgehead atoms. The highest BCUT2D eigenvalue weighted by molar-refractivity contribution is 8.13. The normalized spacial score (nSPS) is 11.6. The molecule has 28 heavy (non-hydrogen) atoms. The molecule has 0 saturated carbocycles. The van der Waals surface area contributed by atoms with Crippen LogP contribution in [0.3, 0.4) is 0 Å². The van der Waals surface area contributed by atoms with Crippen molar-refractivity contribution in [2.75, 3.05) is 24.4 Å². The smallest absolute Gasteiger partial charge is 0.435 e. The van der Waals surface area contributed by atoms with Crippen LogP contribution in [-0.4, -0.2) is 36.6 Å². The van der Waals surface area contributed by atoms with Crippen molar-refractivity contribution >= 4 is 64.0 Å². The Labute approximate surface area is 179 Å². The van der Waals surface area contributed by atoms with Crippen molar-refractivity contribution in [3.8, 4) is 0 Å². The van der Waals surface area contributed by atoms with Crippen LogP contribution in [0.4, 0.5) is 16.2 Å². The van der Waals surface area contributed by atoms with E-state index in [1.54, 1.807) is 18.0 Å². The molecule has 1 N–H and O–H groups in total. The van der Waals surface area contributed by atoms with E-state index in [2.05, 4.69) is 27.0 Å². The van der Waals surface area contributed by atoms with Gasteiger partial charge in [-0.05, 0) is 54.3 Å². The molecule has 148 valence electrons. The molecule has 0 saturated heterocycles. The summed E-state index contributed by atoms with van der Waals surface area (Å²) in [4.78, 5) is 21.1. The number of hydrogen-bond donors (Lipinski definition) is 1. The van der Waals surface area contributed by atoms with E-state index in [-0.39, 0.29) is 0 Å². The first-order valence-corrected chi connectivity index (χ1v) is 11.2. The molecule has 1 amide bonds. The zero-order chi connectivity index (χ0) is 20.4. The second-order valence-electron chi connectivity index (χ2n) is 5.55. The average Bonchev–Trinajstić information content (AvgIpc) is 2.72. The largest absolute Gasteiger partial charge is 0.451 e. The molecule has 0 heterocycles. The molecule has 0 fully saturated rings. The lowest BCUT2D eigenvalue weighted by atomic mass is 10.2. The van der Waals surface area contributed by atoms with Gasteiger partial charge in [0.1, 0.15) is 0 Å². The molecule has 2 rings (SSSR count). The number of nitrogens with one attached hydrogen (secondary N) is 1. The predicted octanol–water partition coefficient (Wildman–Crippen LogP) is 6.49. The van der Waals surface area contributed by atoms with E-state index in [4.69, 9.17) is 11.6 Å². The Kier molecular flexibility index (Phi) is 9.40. The third kappa shape index (κ3) is 7.22. The first kappa shape index (κ1) is 22.3. The number of thioether (sulfide) groups is 2. The van der Waals surface area contributed by atoms with Crippen LogP contribution in [0, 0.1) is 0 Å². The van der Waals surface area contributed by atoms with E-state index in [0.29, 0.717) is 10.2 Å². The van der Waals surface area contributed by atoms with Crippen molar-refractivity contribution in [2.24, 2.45) is 9.98 Å². The highest BCUT2D eigenvalue weighted by atomic mass is 35.5. The lowest BCUT2D eigenvalue weighted by Gasteiger charge is -2.12. The SMILES string of the molecule is CCCSc1ccc(N=Cc2ccc(Cl)cc2)c(NC(=NC(=O)OC)SC)c1. The third-order valence-corrected chi connectivity index (χ3v) is 5.50. The number of carbonyl (C=O) groups excluding carboxylic acids is 1. The Balaban J connectivity index is 2.33. The summed E-state index contributed by atoms with van der Waals surface area (Å²) in [7, 11) is 1.30. The van der Waals surface area contributed by atoms with E-state index in [1.807, 2.05) is 48.7 Å². The maximum atomic E-state index is 11.5. The quantitative estimate of drug-likeness (QED) is 0.319. The molecule has 0 aromatic heterocycles. The number of nitrogens with zero attached hydrogens (tertiary/aromatic N) is 2. The molecular formula is C20H22ClN3O2S2. The summed E-state index contributed by atoms with van der Waals surface area (Å²) in [5.74, 6) is 1.03. The van der Waals surface area contributed by atoms with Gasteiger partial charge in [-0.3, -0.25) is 4.99 Å². The predicted molar refractivity (Wildman–Crippen MR) is 123 cm³/mol. The van der Waals surface area contributed by atoms with Crippen molar-refractivity contribution in [3.05, 3.63) is 53.1 Å². The minimum absolute atomic E-state index is 0.437. The Hall–Kier alpha value is -1.96. The number of rotatable bonds is 6. The van der Waals surface area contributed by atoms with Crippen LogP contribution >= 0.6 is 35.1 Å². The number of carbonyl (C=O) groups is 1. The van der Waals surface area contributed by atoms with Crippen LogP contribution < -0.4 is 5.32 Å². The summed E-state index contributed by atoms with van der Waals surface area (Å²) in [5.41, 5.74) is 2.44. The van der Waals surface area contributed by atoms with Crippen LogP contribution in [0.5, 0.6) is 0 Å². The van der Waals surface area contributed by atoms with Crippen molar-refractivity contribution < 1.29 is 9.53 Å². The van der Waals surface area contributed by atoms with Gasteiger partial charge in [0.2, 0.25) is 0 Å². The number of anilines is 1. The Morgan fingerprint density at radius 3 is 2.64 bits per heavy atom. The first-order valence-electron chi connectivity index (χ1n) is 8.59. The van der Waals surface area contributed by atoms with Crippen LogP contribution in [0.25, 0.3) is 0 Å². The molecule has 0 aliphatic heterocycles. The topological polar surface area (TPSA) is 63.0 Å². The van der Waals surface area contributed by atoms with E-state index in [0.717, 1.165) is 34.0 Å². The lowest BCUT2D eigenvalue weighted by Crippen LogP contribution is -2.10. The fraction of sp³-hybridized carbons (Fsp3) is 0.250. The number of aliphatic imine (C=N–C) groups is 2. The highest BCUT2D eigenvalue weighted by Crippen LogP contribution is 2.31. The number of benzene rings is 2. The minimum atomic E-state index is -0.653. The number of amides is 1. The maximum absolute atomic E-state index is 11.5. The van der Waals surface area contributed by atoms with Gasteiger partial charge in [-0.15, -0.1) is 11.8 Å². The van der Waals surface area contributed by atoms with Gasteiger partial charge in [0.25, 0.3) is 0 Å². The van der Waals surface area contributed by atoms with Crippen molar-refractivity contribution in [1.82, 2.24) is 0 Å². The second kappa shape index (κ2) is 11.8. The van der Waals surface area contributed by atoms with Crippen molar-refractivity contribution in [2.45, 2.75) is 18.2 Å². The second-order valence-corrected chi connectivity index (χ2v) is 7.95. The Bertz CT molecular complexity index is 855. The van der Waals surface area contributed by atoms with Gasteiger partial charge in [-0.1, -0.05) is 42.4 Å². The summed E-state index contributed by atoms with van der Waals surface area (Å²) >= 11 is 9.02. The van der Waals surface area contributed by atoms with Crippen LogP contribution in [-0.2, 0) is 4.74 Å². The number of methoxy groups -OCH3 is 1. The van der Waals surface area contributed by atoms with E-state index < -0.39 is 6.09 Å². The van der Waals surface area contributed by atoms with E-state index in [1.165, 1.54) is 18.9 Å². The van der Waals surface area contributed by atoms with Crippen LogP contribution in [0.1, 0.15) is 18.9 Å². The van der Waals surface area contributed by atoms with Gasteiger partial charge in [-0.2, -0.15) is 4.99 Å². The molecule has 0 radical (unpaired) electrons. The molecule has 0 atom stereocenters. The van der Waals surface area contributed by atoms with Crippen LogP contribution in [0.15, 0.2) is 57.3 Å². The molecule has 8 heteroatoms. The average molecular weight is 436 g/mol. The third-order valence-electron chi connectivity index (χ3n) is 3.47. The standard InChI is InChI=1S/C20H22ClN3O2S2/c1-4-11-28-16-9-10-17(22-13-14-5-7-15(21)8-6-14)18(12-16)23-19(27-3)24-20(25)26-2/h5-10,12-13H,4,11H2,1-3H3,(H,23,24,25). The minimum Gasteiger partial charge on any atom is -0.451 e. The molecular weight excluding hydrogens is 414 g/mol. The van der Waals surface area contributed by atoms with Gasteiger partial charge >= 0.3 is 6.09 Å². The molecule has 2 aromatic carbocycles. The number of halogens is 1. The summed E-state index contributed by atoms with van der Waals surface area (Å²) < 4.78 is 4.62. The van der Waals surface area contributed by atoms with E-state index >= 15 is 0 Å². The van der Waals surface area contributed by atoms with Crippen LogP contribution in [0.2, 0.25) is 5.02 Å². The molecule has 2 aromatic rings. The van der Waals surface area contributed by atoms with Gasteiger partial charge < -0.3 is 10.1 Å². The summed E-state index contributed by atoms with van der Waals surface area (Å²) in [6.45, 7) is 2.14. The molecule has 0 aliphatic rings. The Morgan fingerprint density at radius 1 is 1.25 bits per heavy atom. The molecule has 0 aliphatic carbocycles. The fourth-order valence-electron chi connectivity index (χ4n) is 2.10. The zero-order valence-electron chi connectivity index (χ0n) is 15.9. The van der Waals surface area contributed by atoms with Gasteiger partial charge in [0, 0.05) is 16.1 Å². The summed E-state index contributed by atoms with van der Waals surface area (Å²) in [5, 5.41) is 4.31. The fourth-order valence-corrected chi connectivity index (χ4v) is 3.41. The summed E-state index contributed by atoms with van der Waals surface area (Å²) in [6.07, 6.45) is 4.04. The first-order chi connectivity index (χ1) is 13.5. The highest BCUT2D eigenvalue weighted by Gasteiger charge is 2.08.